The number of carbonyl (C=O) groups is 1. The number of hydrogen-bond donors (Lipinski definition) is 2. The second-order valence-electron chi connectivity index (χ2n) is 5.74. The van der Waals surface area contributed by atoms with Crippen molar-refractivity contribution in [2.75, 3.05) is 26.2 Å². The van der Waals surface area contributed by atoms with Gasteiger partial charge >= 0.3 is 5.97 Å². The molecule has 0 aromatic heterocycles. The van der Waals surface area contributed by atoms with Crippen molar-refractivity contribution in [1.29, 1.82) is 0 Å². The first-order valence-electron chi connectivity index (χ1n) is 6.92. The van der Waals surface area contributed by atoms with Gasteiger partial charge in [0.1, 0.15) is 0 Å². The van der Waals surface area contributed by atoms with Crippen LogP contribution in [-0.4, -0.2) is 47.7 Å². The Morgan fingerprint density at radius 1 is 1.37 bits per heavy atom. The average molecular weight is 260 g/mol. The fourth-order valence-electron chi connectivity index (χ4n) is 3.34. The molecule has 2 fully saturated rings. The minimum absolute atomic E-state index is 0.143. The zero-order valence-corrected chi connectivity index (χ0v) is 11.0. The Morgan fingerprint density at radius 2 is 2.11 bits per heavy atom. The van der Waals surface area contributed by atoms with Gasteiger partial charge in [-0.05, 0) is 24.4 Å². The molecule has 0 bridgehead atoms. The Bertz CT molecular complexity index is 456. The maximum Gasteiger partial charge on any atom is 0.305 e. The summed E-state index contributed by atoms with van der Waals surface area (Å²) < 4.78 is 0. The second-order valence-corrected chi connectivity index (χ2v) is 5.74. The van der Waals surface area contributed by atoms with Crippen molar-refractivity contribution >= 4 is 5.97 Å². The van der Waals surface area contributed by atoms with E-state index in [-0.39, 0.29) is 12.0 Å². The average Bonchev–Trinajstić information content (AvgIpc) is 2.84. The molecule has 2 heterocycles. The third kappa shape index (κ3) is 2.38. The van der Waals surface area contributed by atoms with Crippen LogP contribution in [0.15, 0.2) is 30.3 Å². The molecule has 2 N–H and O–H groups in total. The molecule has 2 saturated heterocycles. The smallest absolute Gasteiger partial charge is 0.305 e. The fourth-order valence-corrected chi connectivity index (χ4v) is 3.34. The Balaban J connectivity index is 1.70. The SMILES string of the molecule is O=C(O)CC1(N2CCC(c3ccccc3)C2)CNC1. The van der Waals surface area contributed by atoms with Crippen LogP contribution in [0.1, 0.15) is 24.3 Å². The number of benzene rings is 1. The minimum Gasteiger partial charge on any atom is -0.481 e. The normalized spacial score (nSPS) is 26.0. The molecule has 0 radical (unpaired) electrons. The van der Waals surface area contributed by atoms with Gasteiger partial charge in [-0.2, -0.15) is 0 Å². The topological polar surface area (TPSA) is 52.6 Å². The van der Waals surface area contributed by atoms with Gasteiger partial charge in [-0.25, -0.2) is 0 Å². The van der Waals surface area contributed by atoms with Gasteiger partial charge in [0.15, 0.2) is 0 Å². The van der Waals surface area contributed by atoms with E-state index in [9.17, 15) is 4.79 Å². The molecule has 4 heteroatoms. The van der Waals surface area contributed by atoms with Crippen LogP contribution < -0.4 is 5.32 Å². The van der Waals surface area contributed by atoms with Gasteiger partial charge in [0.25, 0.3) is 0 Å². The van der Waals surface area contributed by atoms with Gasteiger partial charge in [0, 0.05) is 19.6 Å². The minimum atomic E-state index is -0.690. The Labute approximate surface area is 113 Å². The number of likely N-dealkylation sites (tertiary alicyclic amines) is 1. The maximum absolute atomic E-state index is 11.1. The summed E-state index contributed by atoms with van der Waals surface area (Å²) in [5.74, 6) is -0.142. The lowest BCUT2D eigenvalue weighted by atomic mass is 9.86. The summed E-state index contributed by atoms with van der Waals surface area (Å²) in [6.07, 6.45) is 1.38. The van der Waals surface area contributed by atoms with Crippen LogP contribution >= 0.6 is 0 Å². The number of hydrogen-bond acceptors (Lipinski definition) is 3. The van der Waals surface area contributed by atoms with Gasteiger partial charge in [-0.15, -0.1) is 0 Å². The largest absolute Gasteiger partial charge is 0.481 e. The third-order valence-corrected chi connectivity index (χ3v) is 4.52. The zero-order chi connectivity index (χ0) is 13.3. The molecule has 0 amide bonds. The molecule has 0 saturated carbocycles. The Kier molecular flexibility index (Phi) is 3.29. The van der Waals surface area contributed by atoms with Crippen molar-refractivity contribution in [3.05, 3.63) is 35.9 Å². The van der Waals surface area contributed by atoms with Gasteiger partial charge in [0.05, 0.1) is 12.0 Å². The number of aliphatic carboxylic acids is 1. The van der Waals surface area contributed by atoms with E-state index in [2.05, 4.69) is 34.5 Å². The molecular formula is C15H20N2O2. The van der Waals surface area contributed by atoms with E-state index in [0.717, 1.165) is 32.6 Å². The van der Waals surface area contributed by atoms with Crippen LogP contribution in [0.5, 0.6) is 0 Å². The summed E-state index contributed by atoms with van der Waals surface area (Å²) >= 11 is 0. The molecule has 102 valence electrons. The van der Waals surface area contributed by atoms with Crippen LogP contribution in [0, 0.1) is 0 Å². The van der Waals surface area contributed by atoms with Crippen molar-refractivity contribution in [3.8, 4) is 0 Å². The molecule has 4 nitrogen and oxygen atoms in total. The number of rotatable bonds is 4. The lowest BCUT2D eigenvalue weighted by Crippen LogP contribution is -2.69. The molecule has 2 aliphatic rings. The standard InChI is InChI=1S/C15H20N2O2/c18-14(19)8-15(10-16-11-15)17-7-6-13(9-17)12-4-2-1-3-5-12/h1-5,13,16H,6-11H2,(H,18,19). The van der Waals surface area contributed by atoms with E-state index < -0.39 is 5.97 Å². The van der Waals surface area contributed by atoms with Crippen molar-refractivity contribution in [2.45, 2.75) is 24.3 Å². The molecular weight excluding hydrogens is 240 g/mol. The molecule has 1 aromatic rings. The highest BCUT2D eigenvalue weighted by atomic mass is 16.4. The maximum atomic E-state index is 11.1. The first kappa shape index (κ1) is 12.6. The van der Waals surface area contributed by atoms with Gasteiger partial charge in [-0.1, -0.05) is 30.3 Å². The summed E-state index contributed by atoms with van der Waals surface area (Å²) in [4.78, 5) is 13.4. The van der Waals surface area contributed by atoms with Crippen LogP contribution in [0.2, 0.25) is 0 Å². The Morgan fingerprint density at radius 3 is 2.68 bits per heavy atom. The Hall–Kier alpha value is -1.39. The van der Waals surface area contributed by atoms with Crippen molar-refractivity contribution < 1.29 is 9.90 Å². The van der Waals surface area contributed by atoms with E-state index >= 15 is 0 Å². The molecule has 1 aromatic carbocycles. The van der Waals surface area contributed by atoms with Crippen molar-refractivity contribution in [1.82, 2.24) is 10.2 Å². The van der Waals surface area contributed by atoms with E-state index in [4.69, 9.17) is 5.11 Å². The van der Waals surface area contributed by atoms with Gasteiger partial charge < -0.3 is 10.4 Å². The highest BCUT2D eigenvalue weighted by Crippen LogP contribution is 2.35. The molecule has 2 aliphatic heterocycles. The summed E-state index contributed by atoms with van der Waals surface area (Å²) in [5, 5.41) is 12.3. The van der Waals surface area contributed by atoms with E-state index in [1.54, 1.807) is 0 Å². The van der Waals surface area contributed by atoms with E-state index in [1.165, 1.54) is 5.56 Å². The highest BCUT2D eigenvalue weighted by Gasteiger charge is 2.46. The predicted molar refractivity (Wildman–Crippen MR) is 73.2 cm³/mol. The molecule has 19 heavy (non-hydrogen) atoms. The lowest BCUT2D eigenvalue weighted by Gasteiger charge is -2.48. The van der Waals surface area contributed by atoms with Crippen LogP contribution in [0.4, 0.5) is 0 Å². The lowest BCUT2D eigenvalue weighted by molar-refractivity contribution is -0.141. The predicted octanol–water partition coefficient (Wildman–Crippen LogP) is 1.29. The number of carboxylic acids is 1. The van der Waals surface area contributed by atoms with Crippen molar-refractivity contribution in [3.63, 3.8) is 0 Å². The number of nitrogens with one attached hydrogen (secondary N) is 1. The first-order valence-corrected chi connectivity index (χ1v) is 6.92. The summed E-state index contributed by atoms with van der Waals surface area (Å²) in [6.45, 7) is 3.61. The quantitative estimate of drug-likeness (QED) is 0.856. The monoisotopic (exact) mass is 260 g/mol. The van der Waals surface area contributed by atoms with E-state index in [1.807, 2.05) is 6.07 Å². The summed E-state index contributed by atoms with van der Waals surface area (Å²) in [6, 6.07) is 10.6. The summed E-state index contributed by atoms with van der Waals surface area (Å²) in [7, 11) is 0. The third-order valence-electron chi connectivity index (χ3n) is 4.52. The van der Waals surface area contributed by atoms with Gasteiger partial charge in [0.2, 0.25) is 0 Å². The molecule has 0 spiro atoms. The number of carboxylic acid groups (broad SMARTS) is 1. The van der Waals surface area contributed by atoms with E-state index in [0.29, 0.717) is 5.92 Å². The van der Waals surface area contributed by atoms with Gasteiger partial charge in [-0.3, -0.25) is 9.69 Å². The highest BCUT2D eigenvalue weighted by molar-refractivity contribution is 5.69. The van der Waals surface area contributed by atoms with Crippen LogP contribution in [0.3, 0.4) is 0 Å². The molecule has 1 unspecified atom stereocenters. The molecule has 1 atom stereocenters. The first-order chi connectivity index (χ1) is 9.20. The summed E-state index contributed by atoms with van der Waals surface area (Å²) in [5.41, 5.74) is 1.23. The number of nitrogens with zero attached hydrogens (tertiary/aromatic N) is 1. The zero-order valence-electron chi connectivity index (χ0n) is 11.0. The van der Waals surface area contributed by atoms with Crippen molar-refractivity contribution in [2.24, 2.45) is 0 Å². The van der Waals surface area contributed by atoms with Crippen LogP contribution in [0.25, 0.3) is 0 Å². The van der Waals surface area contributed by atoms with Crippen LogP contribution in [-0.2, 0) is 4.79 Å². The molecule has 0 aliphatic carbocycles. The fraction of sp³-hybridized carbons (Fsp3) is 0.533. The second kappa shape index (κ2) is 4.94. The molecule has 3 rings (SSSR count).